The molecule has 0 saturated heterocycles. The number of phenolic OH excluding ortho intramolecular Hbond substituents is 5. The fourth-order valence-electron chi connectivity index (χ4n) is 4.03. The van der Waals surface area contributed by atoms with Crippen LogP contribution in [-0.4, -0.2) is 49.9 Å². The van der Waals surface area contributed by atoms with E-state index in [0.717, 1.165) is 0 Å². The first-order valence-electron chi connectivity index (χ1n) is 11.5. The molecule has 0 heterocycles. The molecule has 0 fully saturated rings. The monoisotopic (exact) mass is 502 g/mol. The second-order valence-corrected chi connectivity index (χ2v) is 8.63. The van der Waals surface area contributed by atoms with Crippen molar-refractivity contribution in [1.29, 1.82) is 0 Å². The van der Waals surface area contributed by atoms with E-state index in [1.165, 1.54) is 42.5 Å². The average Bonchev–Trinajstić information content (AvgIpc) is 2.87. The lowest BCUT2D eigenvalue weighted by molar-refractivity contribution is -0.122. The predicted octanol–water partition coefficient (Wildman–Crippen LogP) is 3.07. The lowest BCUT2D eigenvalue weighted by atomic mass is 10.0. The zero-order valence-corrected chi connectivity index (χ0v) is 19.7. The highest BCUT2D eigenvalue weighted by Crippen LogP contribution is 2.31. The molecule has 0 bridgehead atoms. The minimum absolute atomic E-state index is 0.0666. The molecule has 0 unspecified atom stereocenters. The number of fused-ring (bicyclic) bond motifs is 1. The van der Waals surface area contributed by atoms with Gasteiger partial charge in [-0.3, -0.25) is 9.59 Å². The van der Waals surface area contributed by atoms with Crippen LogP contribution in [0.5, 0.6) is 28.7 Å². The van der Waals surface area contributed by atoms with Gasteiger partial charge in [0.1, 0.15) is 23.3 Å². The van der Waals surface area contributed by atoms with Crippen molar-refractivity contribution in [3.63, 3.8) is 0 Å². The molecular formula is C28H26N2O7. The molecule has 4 rings (SSSR count). The zero-order chi connectivity index (χ0) is 26.5. The molecule has 7 N–H and O–H groups in total. The fourth-order valence-corrected chi connectivity index (χ4v) is 4.03. The van der Waals surface area contributed by atoms with E-state index in [1.807, 2.05) is 0 Å². The van der Waals surface area contributed by atoms with Gasteiger partial charge < -0.3 is 36.2 Å². The Kier molecular flexibility index (Phi) is 7.34. The van der Waals surface area contributed by atoms with Crippen molar-refractivity contribution in [2.45, 2.75) is 18.9 Å². The minimum atomic E-state index is -1.00. The van der Waals surface area contributed by atoms with E-state index in [0.29, 0.717) is 28.3 Å². The molecular weight excluding hydrogens is 476 g/mol. The number of aromatic hydroxyl groups is 5. The Balaban J connectivity index is 1.54. The summed E-state index contributed by atoms with van der Waals surface area (Å²) in [5.41, 5.74) is 1.48. The van der Waals surface area contributed by atoms with E-state index in [2.05, 4.69) is 10.6 Å². The van der Waals surface area contributed by atoms with Crippen molar-refractivity contribution in [2.75, 3.05) is 6.54 Å². The van der Waals surface area contributed by atoms with Crippen LogP contribution in [0.4, 0.5) is 0 Å². The highest BCUT2D eigenvalue weighted by molar-refractivity contribution is 6.10. The fraction of sp³-hybridized carbons (Fsp3) is 0.143. The molecule has 1 atom stereocenters. The van der Waals surface area contributed by atoms with Crippen LogP contribution in [0.25, 0.3) is 10.8 Å². The largest absolute Gasteiger partial charge is 0.508 e. The van der Waals surface area contributed by atoms with Gasteiger partial charge in [0.25, 0.3) is 5.91 Å². The lowest BCUT2D eigenvalue weighted by Gasteiger charge is -2.20. The number of carbonyl (C=O) groups excluding carboxylic acids is 2. The Hall–Kier alpha value is -4.92. The topological polar surface area (TPSA) is 159 Å². The summed E-state index contributed by atoms with van der Waals surface area (Å²) in [4.78, 5) is 26.4. The highest BCUT2D eigenvalue weighted by Gasteiger charge is 2.23. The molecule has 0 aliphatic carbocycles. The smallest absolute Gasteiger partial charge is 0.252 e. The van der Waals surface area contributed by atoms with E-state index < -0.39 is 17.9 Å². The van der Waals surface area contributed by atoms with E-state index in [-0.39, 0.29) is 47.3 Å². The molecule has 4 aromatic rings. The van der Waals surface area contributed by atoms with Crippen LogP contribution in [-0.2, 0) is 17.6 Å². The number of amides is 2. The van der Waals surface area contributed by atoms with Crippen LogP contribution in [0.1, 0.15) is 21.5 Å². The molecule has 190 valence electrons. The first-order chi connectivity index (χ1) is 17.7. The van der Waals surface area contributed by atoms with Crippen LogP contribution in [0.3, 0.4) is 0 Å². The Morgan fingerprint density at radius 1 is 0.703 bits per heavy atom. The summed E-state index contributed by atoms with van der Waals surface area (Å²) in [7, 11) is 0. The first kappa shape index (κ1) is 25.2. The Morgan fingerprint density at radius 2 is 1.43 bits per heavy atom. The molecule has 37 heavy (non-hydrogen) atoms. The van der Waals surface area contributed by atoms with Gasteiger partial charge in [-0.15, -0.1) is 0 Å². The highest BCUT2D eigenvalue weighted by atomic mass is 16.3. The Bertz CT molecular complexity index is 1450. The third-order valence-corrected chi connectivity index (χ3v) is 5.95. The third-order valence-electron chi connectivity index (χ3n) is 5.95. The van der Waals surface area contributed by atoms with Gasteiger partial charge in [-0.1, -0.05) is 30.3 Å². The molecule has 0 spiro atoms. The normalized spacial score (nSPS) is 11.7. The number of benzene rings is 4. The predicted molar refractivity (Wildman–Crippen MR) is 137 cm³/mol. The SMILES string of the molecule is O=C(N[C@@H](Cc1ccc(O)cc1)C(=O)NCCc1ccc(O)c(O)c1)c1cc(O)cc2c(O)cccc12. The van der Waals surface area contributed by atoms with E-state index in [4.69, 9.17) is 0 Å². The van der Waals surface area contributed by atoms with Crippen LogP contribution < -0.4 is 10.6 Å². The maximum absolute atomic E-state index is 13.3. The van der Waals surface area contributed by atoms with Gasteiger partial charge in [0, 0.05) is 18.4 Å². The third kappa shape index (κ3) is 6.02. The molecule has 0 radical (unpaired) electrons. The van der Waals surface area contributed by atoms with Gasteiger partial charge in [0.05, 0.1) is 5.56 Å². The lowest BCUT2D eigenvalue weighted by Crippen LogP contribution is -2.48. The summed E-state index contributed by atoms with van der Waals surface area (Å²) in [5.74, 6) is -1.82. The first-order valence-corrected chi connectivity index (χ1v) is 11.5. The zero-order valence-electron chi connectivity index (χ0n) is 19.7. The Morgan fingerprint density at radius 3 is 2.16 bits per heavy atom. The average molecular weight is 503 g/mol. The summed E-state index contributed by atoms with van der Waals surface area (Å²) in [5, 5.41) is 55.2. The summed E-state index contributed by atoms with van der Waals surface area (Å²) in [6, 6.07) is 16.9. The molecule has 0 aliphatic heterocycles. The van der Waals surface area contributed by atoms with Crippen LogP contribution >= 0.6 is 0 Å². The second kappa shape index (κ2) is 10.8. The molecule has 9 nitrogen and oxygen atoms in total. The summed E-state index contributed by atoms with van der Waals surface area (Å²) in [6.45, 7) is 0.202. The van der Waals surface area contributed by atoms with Crippen LogP contribution in [0.2, 0.25) is 0 Å². The van der Waals surface area contributed by atoms with Gasteiger partial charge in [-0.05, 0) is 65.4 Å². The number of carbonyl (C=O) groups is 2. The molecule has 0 aliphatic rings. The van der Waals surface area contributed by atoms with Crippen molar-refractivity contribution >= 4 is 22.6 Å². The van der Waals surface area contributed by atoms with Crippen molar-refractivity contribution < 1.29 is 35.1 Å². The summed E-state index contributed by atoms with van der Waals surface area (Å²) >= 11 is 0. The summed E-state index contributed by atoms with van der Waals surface area (Å²) in [6.07, 6.45) is 0.496. The summed E-state index contributed by atoms with van der Waals surface area (Å²) < 4.78 is 0. The number of hydrogen-bond acceptors (Lipinski definition) is 7. The standard InChI is InChI=1S/C28H26N2O7/c31-18-7-4-16(5-8-18)12-23(28(37)29-11-10-17-6-9-25(34)26(35)13-17)30-27(36)22-15-19(32)14-21-20(22)2-1-3-24(21)33/h1-9,13-15,23,31-35H,10-12H2,(H,29,37)(H,30,36)/t23-/m0/s1. The van der Waals surface area contributed by atoms with Gasteiger partial charge in [0.15, 0.2) is 11.5 Å². The van der Waals surface area contributed by atoms with Gasteiger partial charge in [0.2, 0.25) is 5.91 Å². The molecule has 0 saturated carbocycles. The van der Waals surface area contributed by atoms with Crippen molar-refractivity contribution in [1.82, 2.24) is 10.6 Å². The number of hydrogen-bond donors (Lipinski definition) is 7. The van der Waals surface area contributed by atoms with Crippen LogP contribution in [0, 0.1) is 0 Å². The maximum atomic E-state index is 13.3. The van der Waals surface area contributed by atoms with Gasteiger partial charge in [-0.25, -0.2) is 0 Å². The number of rotatable bonds is 8. The quantitative estimate of drug-likeness (QED) is 0.182. The van der Waals surface area contributed by atoms with Crippen molar-refractivity contribution in [3.05, 3.63) is 89.5 Å². The Labute approximate surface area is 212 Å². The minimum Gasteiger partial charge on any atom is -0.508 e. The van der Waals surface area contributed by atoms with Gasteiger partial charge >= 0.3 is 0 Å². The van der Waals surface area contributed by atoms with E-state index in [9.17, 15) is 35.1 Å². The molecule has 9 heteroatoms. The van der Waals surface area contributed by atoms with E-state index >= 15 is 0 Å². The maximum Gasteiger partial charge on any atom is 0.252 e. The van der Waals surface area contributed by atoms with Crippen LogP contribution in [0.15, 0.2) is 72.8 Å². The second-order valence-electron chi connectivity index (χ2n) is 8.63. The number of phenols is 5. The molecule has 2 amide bonds. The molecule has 0 aromatic heterocycles. The number of nitrogens with one attached hydrogen (secondary N) is 2. The van der Waals surface area contributed by atoms with E-state index in [1.54, 1.807) is 30.3 Å². The molecule has 4 aromatic carbocycles. The van der Waals surface area contributed by atoms with Crippen molar-refractivity contribution in [2.24, 2.45) is 0 Å². The van der Waals surface area contributed by atoms with Crippen molar-refractivity contribution in [3.8, 4) is 28.7 Å². The van der Waals surface area contributed by atoms with Gasteiger partial charge in [-0.2, -0.15) is 0 Å².